The van der Waals surface area contributed by atoms with Crippen LogP contribution in [0.15, 0.2) is 22.7 Å². The molecule has 0 radical (unpaired) electrons. The number of carbonyl (C=O) groups is 1. The lowest BCUT2D eigenvalue weighted by atomic mass is 10.2. The monoisotopic (exact) mass is 330 g/mol. The highest BCUT2D eigenvalue weighted by Gasteiger charge is 2.27. The predicted molar refractivity (Wildman–Crippen MR) is 88.6 cm³/mol. The molecule has 0 saturated carbocycles. The second kappa shape index (κ2) is 6.96. The molecule has 24 heavy (non-hydrogen) atoms. The number of nitrogens with zero attached hydrogens (tertiary/aromatic N) is 5. The van der Waals surface area contributed by atoms with Gasteiger partial charge in [-0.3, -0.25) is 10.2 Å². The fourth-order valence-corrected chi connectivity index (χ4v) is 2.75. The van der Waals surface area contributed by atoms with Gasteiger partial charge < -0.3 is 9.42 Å². The van der Waals surface area contributed by atoms with Crippen LogP contribution in [0.1, 0.15) is 30.4 Å². The van der Waals surface area contributed by atoms with Gasteiger partial charge in [0, 0.05) is 31.9 Å². The highest BCUT2D eigenvalue weighted by molar-refractivity contribution is 5.88. The minimum atomic E-state index is -0.117. The Kier molecular flexibility index (Phi) is 4.75. The van der Waals surface area contributed by atoms with Gasteiger partial charge in [-0.05, 0) is 32.9 Å². The molecule has 1 aliphatic rings. The fourth-order valence-electron chi connectivity index (χ4n) is 2.75. The zero-order chi connectivity index (χ0) is 17.1. The Morgan fingerprint density at radius 2 is 1.96 bits per heavy atom. The zero-order valence-corrected chi connectivity index (χ0v) is 14.2. The molecule has 2 amide bonds. The molecule has 8 heteroatoms. The van der Waals surface area contributed by atoms with Crippen LogP contribution in [0.2, 0.25) is 0 Å². The van der Waals surface area contributed by atoms with Gasteiger partial charge in [0.2, 0.25) is 5.89 Å². The van der Waals surface area contributed by atoms with Crippen LogP contribution >= 0.6 is 0 Å². The molecule has 0 bridgehead atoms. The summed E-state index contributed by atoms with van der Waals surface area (Å²) in [5.41, 5.74) is 0.876. The Labute approximate surface area is 140 Å². The van der Waals surface area contributed by atoms with Gasteiger partial charge in [-0.2, -0.15) is 4.98 Å². The zero-order valence-electron chi connectivity index (χ0n) is 14.2. The molecule has 2 aromatic heterocycles. The third-order valence-electron chi connectivity index (χ3n) is 4.17. The number of anilines is 1. The molecule has 1 unspecified atom stereocenters. The molecule has 1 aliphatic heterocycles. The first kappa shape index (κ1) is 16.4. The van der Waals surface area contributed by atoms with E-state index < -0.39 is 0 Å². The third kappa shape index (κ3) is 3.70. The Balaban J connectivity index is 1.53. The van der Waals surface area contributed by atoms with Gasteiger partial charge in [-0.25, -0.2) is 9.78 Å². The summed E-state index contributed by atoms with van der Waals surface area (Å²) in [6.45, 7) is 8.56. The highest BCUT2D eigenvalue weighted by atomic mass is 16.5. The fraction of sp³-hybridized carbons (Fsp3) is 0.500. The second-order valence-electron chi connectivity index (χ2n) is 5.97. The maximum Gasteiger partial charge on any atom is 0.323 e. The van der Waals surface area contributed by atoms with E-state index in [4.69, 9.17) is 4.52 Å². The van der Waals surface area contributed by atoms with Gasteiger partial charge in [-0.15, -0.1) is 0 Å². The van der Waals surface area contributed by atoms with Gasteiger partial charge in [0.05, 0.1) is 6.04 Å². The van der Waals surface area contributed by atoms with E-state index >= 15 is 0 Å². The number of carbonyl (C=O) groups excluding carboxylic acids is 1. The van der Waals surface area contributed by atoms with Crippen molar-refractivity contribution in [2.45, 2.75) is 26.8 Å². The number of aryl methyl sites for hydroxylation is 2. The molecule has 1 atom stereocenters. The Bertz CT molecular complexity index is 708. The summed E-state index contributed by atoms with van der Waals surface area (Å²) in [7, 11) is 0. The van der Waals surface area contributed by atoms with Gasteiger partial charge in [0.15, 0.2) is 5.82 Å². The first-order valence-corrected chi connectivity index (χ1v) is 8.07. The number of rotatable bonds is 3. The summed E-state index contributed by atoms with van der Waals surface area (Å²) >= 11 is 0. The number of amides is 2. The molecule has 0 spiro atoms. The van der Waals surface area contributed by atoms with Crippen LogP contribution in [0.5, 0.6) is 0 Å². The van der Waals surface area contributed by atoms with E-state index in [1.54, 1.807) is 17.9 Å². The van der Waals surface area contributed by atoms with Crippen LogP contribution in [0.3, 0.4) is 0 Å². The van der Waals surface area contributed by atoms with Crippen LogP contribution < -0.4 is 5.32 Å². The van der Waals surface area contributed by atoms with E-state index in [0.717, 1.165) is 18.8 Å². The summed E-state index contributed by atoms with van der Waals surface area (Å²) < 4.78 is 5.24. The number of piperazine rings is 1. The number of hydrogen-bond acceptors (Lipinski definition) is 6. The molecule has 3 heterocycles. The lowest BCUT2D eigenvalue weighted by Crippen LogP contribution is -2.50. The molecule has 8 nitrogen and oxygen atoms in total. The van der Waals surface area contributed by atoms with Crippen molar-refractivity contribution < 1.29 is 9.32 Å². The quantitative estimate of drug-likeness (QED) is 0.926. The molecule has 1 N–H and O–H groups in total. The van der Waals surface area contributed by atoms with Crippen molar-refractivity contribution >= 4 is 11.8 Å². The molecule has 1 saturated heterocycles. The number of nitrogens with one attached hydrogen (secondary N) is 1. The molecular formula is C16H22N6O2. The summed E-state index contributed by atoms with van der Waals surface area (Å²) in [6.07, 6.45) is 0. The molecule has 0 aromatic carbocycles. The van der Waals surface area contributed by atoms with Crippen LogP contribution in [-0.4, -0.2) is 57.1 Å². The largest absolute Gasteiger partial charge is 0.338 e. The normalized spacial score (nSPS) is 16.9. The Morgan fingerprint density at radius 3 is 2.58 bits per heavy atom. The minimum Gasteiger partial charge on any atom is -0.338 e. The predicted octanol–water partition coefficient (Wildman–Crippen LogP) is 1.99. The van der Waals surface area contributed by atoms with Crippen molar-refractivity contribution in [3.63, 3.8) is 0 Å². The lowest BCUT2D eigenvalue weighted by molar-refractivity contribution is 0.104. The van der Waals surface area contributed by atoms with Crippen LogP contribution in [0.25, 0.3) is 0 Å². The van der Waals surface area contributed by atoms with E-state index in [9.17, 15) is 4.79 Å². The van der Waals surface area contributed by atoms with Crippen molar-refractivity contribution in [3.8, 4) is 0 Å². The van der Waals surface area contributed by atoms with Crippen molar-refractivity contribution in [2.24, 2.45) is 0 Å². The number of urea groups is 1. The van der Waals surface area contributed by atoms with Crippen molar-refractivity contribution in [2.75, 3.05) is 31.5 Å². The van der Waals surface area contributed by atoms with E-state index in [1.807, 2.05) is 26.0 Å². The van der Waals surface area contributed by atoms with Crippen molar-refractivity contribution in [1.82, 2.24) is 24.9 Å². The van der Waals surface area contributed by atoms with Crippen molar-refractivity contribution in [1.29, 1.82) is 0 Å². The van der Waals surface area contributed by atoms with Gasteiger partial charge in [0.25, 0.3) is 0 Å². The van der Waals surface area contributed by atoms with E-state index in [-0.39, 0.29) is 12.1 Å². The summed E-state index contributed by atoms with van der Waals surface area (Å²) in [4.78, 5) is 25.0. The smallest absolute Gasteiger partial charge is 0.323 e. The molecule has 3 rings (SSSR count). The Hall–Kier alpha value is -2.48. The minimum absolute atomic E-state index is 0.0508. The standard InChI is InChI=1S/C16H22N6O2/c1-11-5-4-6-14(17-11)19-16(23)22-9-7-21(8-10-22)12(2)15-18-13(3)20-24-15/h4-6,12H,7-10H2,1-3H3,(H,17,19,23). The number of hydrogen-bond donors (Lipinski definition) is 1. The first-order valence-electron chi connectivity index (χ1n) is 8.07. The SMILES string of the molecule is Cc1cccc(NC(=O)N2CCN(C(C)c3nc(C)no3)CC2)n1. The summed E-state index contributed by atoms with van der Waals surface area (Å²) in [5.74, 6) is 1.84. The van der Waals surface area contributed by atoms with Gasteiger partial charge >= 0.3 is 6.03 Å². The molecule has 1 fully saturated rings. The maximum atomic E-state index is 12.3. The van der Waals surface area contributed by atoms with E-state index in [0.29, 0.717) is 30.6 Å². The van der Waals surface area contributed by atoms with Gasteiger partial charge in [-0.1, -0.05) is 11.2 Å². The number of aromatic nitrogens is 3. The molecule has 0 aliphatic carbocycles. The van der Waals surface area contributed by atoms with Crippen molar-refractivity contribution in [3.05, 3.63) is 35.6 Å². The average Bonchev–Trinajstić information content (AvgIpc) is 3.01. The average molecular weight is 330 g/mol. The highest BCUT2D eigenvalue weighted by Crippen LogP contribution is 2.20. The maximum absolute atomic E-state index is 12.3. The molecule has 2 aromatic rings. The van der Waals surface area contributed by atoms with Crippen LogP contribution in [0.4, 0.5) is 10.6 Å². The van der Waals surface area contributed by atoms with Crippen LogP contribution in [-0.2, 0) is 0 Å². The topological polar surface area (TPSA) is 87.4 Å². The molecule has 128 valence electrons. The number of pyridine rings is 1. The third-order valence-corrected chi connectivity index (χ3v) is 4.17. The van der Waals surface area contributed by atoms with Crippen LogP contribution in [0, 0.1) is 13.8 Å². The summed E-state index contributed by atoms with van der Waals surface area (Å²) in [5, 5.41) is 6.68. The second-order valence-corrected chi connectivity index (χ2v) is 5.97. The lowest BCUT2D eigenvalue weighted by Gasteiger charge is -2.36. The Morgan fingerprint density at radius 1 is 1.21 bits per heavy atom. The first-order chi connectivity index (χ1) is 11.5. The summed E-state index contributed by atoms with van der Waals surface area (Å²) in [6, 6.07) is 5.50. The van der Waals surface area contributed by atoms with E-state index in [1.165, 1.54) is 0 Å². The van der Waals surface area contributed by atoms with E-state index in [2.05, 4.69) is 25.3 Å². The van der Waals surface area contributed by atoms with Gasteiger partial charge in [0.1, 0.15) is 5.82 Å². The molecular weight excluding hydrogens is 308 g/mol.